The predicted octanol–water partition coefficient (Wildman–Crippen LogP) is 4.39. The molecule has 196 valence electrons. The minimum atomic E-state index is -0.242. The average Bonchev–Trinajstić information content (AvgIpc) is 2.90. The molecule has 3 aromatic rings. The highest BCUT2D eigenvalue weighted by atomic mass is 79.9. The number of carbonyl (C=O) groups excluding carboxylic acids is 1. The summed E-state index contributed by atoms with van der Waals surface area (Å²) in [6.45, 7) is 6.38. The first-order chi connectivity index (χ1) is 17.9. The van der Waals surface area contributed by atoms with Crippen LogP contribution in [-0.4, -0.2) is 66.2 Å². The number of rotatable bonds is 9. The molecule has 4 rings (SSSR count). The molecule has 2 aromatic carbocycles. The van der Waals surface area contributed by atoms with Gasteiger partial charge in [0.05, 0.1) is 36.9 Å². The van der Waals surface area contributed by atoms with Crippen LogP contribution < -0.4 is 15.0 Å². The topological polar surface area (TPSA) is 95.2 Å². The SMILES string of the molecule is CCCc1nc2ccc(Br)cc2c(=O)n1N=Cc1cc(OCC)c(OCC(=O)N2CCOCC2)cc1Br. The van der Waals surface area contributed by atoms with E-state index in [2.05, 4.69) is 41.9 Å². The third-order valence-electron chi connectivity index (χ3n) is 5.74. The molecule has 0 bridgehead atoms. The van der Waals surface area contributed by atoms with Gasteiger partial charge in [-0.25, -0.2) is 4.98 Å². The summed E-state index contributed by atoms with van der Waals surface area (Å²) in [7, 11) is 0. The number of ether oxygens (including phenoxy) is 3. The number of amides is 1. The van der Waals surface area contributed by atoms with Gasteiger partial charge in [0.1, 0.15) is 5.82 Å². The first-order valence-electron chi connectivity index (χ1n) is 12.1. The van der Waals surface area contributed by atoms with E-state index in [4.69, 9.17) is 14.2 Å². The molecule has 1 fully saturated rings. The molecule has 0 unspecified atom stereocenters. The van der Waals surface area contributed by atoms with Gasteiger partial charge in [-0.15, -0.1) is 0 Å². The number of fused-ring (bicyclic) bond motifs is 1. The number of carbonyl (C=O) groups is 1. The Morgan fingerprint density at radius 2 is 1.89 bits per heavy atom. The number of benzene rings is 2. The fourth-order valence-electron chi connectivity index (χ4n) is 3.89. The van der Waals surface area contributed by atoms with Crippen LogP contribution in [0.4, 0.5) is 0 Å². The molecule has 0 radical (unpaired) electrons. The van der Waals surface area contributed by atoms with E-state index in [1.165, 1.54) is 4.68 Å². The molecule has 0 N–H and O–H groups in total. The molecule has 37 heavy (non-hydrogen) atoms. The largest absolute Gasteiger partial charge is 0.490 e. The quantitative estimate of drug-likeness (QED) is 0.324. The molecule has 0 aliphatic carbocycles. The molecule has 11 heteroatoms. The van der Waals surface area contributed by atoms with Crippen LogP contribution in [-0.2, 0) is 16.0 Å². The summed E-state index contributed by atoms with van der Waals surface area (Å²) in [6, 6.07) is 8.94. The summed E-state index contributed by atoms with van der Waals surface area (Å²) in [5, 5.41) is 4.98. The van der Waals surface area contributed by atoms with Gasteiger partial charge >= 0.3 is 0 Å². The van der Waals surface area contributed by atoms with Gasteiger partial charge in [-0.1, -0.05) is 22.9 Å². The fourth-order valence-corrected chi connectivity index (χ4v) is 4.68. The Labute approximate surface area is 231 Å². The number of nitrogens with zero attached hydrogens (tertiary/aromatic N) is 4. The van der Waals surface area contributed by atoms with Gasteiger partial charge < -0.3 is 19.1 Å². The predicted molar refractivity (Wildman–Crippen MR) is 149 cm³/mol. The van der Waals surface area contributed by atoms with Crippen molar-refractivity contribution in [2.75, 3.05) is 39.5 Å². The van der Waals surface area contributed by atoms with Gasteiger partial charge in [0, 0.05) is 34.0 Å². The molecule has 1 amide bonds. The van der Waals surface area contributed by atoms with Gasteiger partial charge in [0.2, 0.25) is 0 Å². The van der Waals surface area contributed by atoms with Gasteiger partial charge in [0.15, 0.2) is 18.1 Å². The lowest BCUT2D eigenvalue weighted by molar-refractivity contribution is -0.137. The molecule has 2 heterocycles. The first-order valence-corrected chi connectivity index (χ1v) is 13.7. The molecule has 1 aliphatic rings. The van der Waals surface area contributed by atoms with Gasteiger partial charge in [-0.05, 0) is 59.6 Å². The number of aromatic nitrogens is 2. The van der Waals surface area contributed by atoms with E-state index >= 15 is 0 Å². The van der Waals surface area contributed by atoms with Crippen LogP contribution in [0.15, 0.2) is 49.2 Å². The second-order valence-electron chi connectivity index (χ2n) is 8.34. The molecule has 0 spiro atoms. The summed E-state index contributed by atoms with van der Waals surface area (Å²) in [5.41, 5.74) is 1.07. The molecule has 1 aromatic heterocycles. The van der Waals surface area contributed by atoms with Crippen molar-refractivity contribution in [3.63, 3.8) is 0 Å². The summed E-state index contributed by atoms with van der Waals surface area (Å²) in [4.78, 5) is 32.2. The van der Waals surface area contributed by atoms with Crippen molar-refractivity contribution in [1.29, 1.82) is 0 Å². The second-order valence-corrected chi connectivity index (χ2v) is 10.1. The normalized spacial score (nSPS) is 13.9. The van der Waals surface area contributed by atoms with Crippen molar-refractivity contribution in [2.24, 2.45) is 5.10 Å². The highest BCUT2D eigenvalue weighted by Gasteiger charge is 2.19. The minimum absolute atomic E-state index is 0.103. The van der Waals surface area contributed by atoms with Crippen LogP contribution in [0.5, 0.6) is 11.5 Å². The van der Waals surface area contributed by atoms with Crippen molar-refractivity contribution in [3.8, 4) is 11.5 Å². The van der Waals surface area contributed by atoms with E-state index in [0.717, 1.165) is 10.9 Å². The monoisotopic (exact) mass is 634 g/mol. The van der Waals surface area contributed by atoms with Gasteiger partial charge in [-0.3, -0.25) is 9.59 Å². The Morgan fingerprint density at radius 1 is 1.14 bits per heavy atom. The van der Waals surface area contributed by atoms with Crippen molar-refractivity contribution in [1.82, 2.24) is 14.6 Å². The van der Waals surface area contributed by atoms with Crippen molar-refractivity contribution in [3.05, 3.63) is 61.0 Å². The van der Waals surface area contributed by atoms with E-state index in [-0.39, 0.29) is 18.1 Å². The second kappa shape index (κ2) is 12.7. The molecular formula is C26H28Br2N4O5. The van der Waals surface area contributed by atoms with Crippen LogP contribution in [0, 0.1) is 0 Å². The fraction of sp³-hybridized carbons (Fsp3) is 0.385. The Hall–Kier alpha value is -2.76. The highest BCUT2D eigenvalue weighted by molar-refractivity contribution is 9.10. The number of hydrogen-bond donors (Lipinski definition) is 0. The van der Waals surface area contributed by atoms with Gasteiger partial charge in [-0.2, -0.15) is 9.78 Å². The molecule has 1 saturated heterocycles. The zero-order valence-corrected chi connectivity index (χ0v) is 23.9. The number of halogens is 2. The lowest BCUT2D eigenvalue weighted by Gasteiger charge is -2.26. The maximum absolute atomic E-state index is 13.3. The van der Waals surface area contributed by atoms with E-state index in [1.807, 2.05) is 26.0 Å². The van der Waals surface area contributed by atoms with Crippen molar-refractivity contribution in [2.45, 2.75) is 26.7 Å². The van der Waals surface area contributed by atoms with Crippen LogP contribution in [0.2, 0.25) is 0 Å². The Bertz CT molecular complexity index is 1370. The molecule has 0 saturated carbocycles. The zero-order valence-electron chi connectivity index (χ0n) is 20.7. The van der Waals surface area contributed by atoms with E-state index in [9.17, 15) is 9.59 Å². The molecule has 0 atom stereocenters. The van der Waals surface area contributed by atoms with Crippen molar-refractivity contribution < 1.29 is 19.0 Å². The summed E-state index contributed by atoms with van der Waals surface area (Å²) in [5.74, 6) is 1.39. The lowest BCUT2D eigenvalue weighted by atomic mass is 10.2. The third kappa shape index (κ3) is 6.58. The Balaban J connectivity index is 1.63. The van der Waals surface area contributed by atoms with Crippen LogP contribution in [0.3, 0.4) is 0 Å². The Morgan fingerprint density at radius 3 is 2.62 bits per heavy atom. The summed E-state index contributed by atoms with van der Waals surface area (Å²) >= 11 is 6.98. The van der Waals surface area contributed by atoms with E-state index < -0.39 is 0 Å². The maximum Gasteiger partial charge on any atom is 0.282 e. The number of hydrogen-bond acceptors (Lipinski definition) is 7. The Kier molecular flexibility index (Phi) is 9.33. The highest BCUT2D eigenvalue weighted by Crippen LogP contribution is 2.33. The third-order valence-corrected chi connectivity index (χ3v) is 6.92. The number of morpholine rings is 1. The van der Waals surface area contributed by atoms with E-state index in [1.54, 1.807) is 29.3 Å². The van der Waals surface area contributed by atoms with Crippen LogP contribution >= 0.6 is 31.9 Å². The molecule has 1 aliphatic heterocycles. The smallest absolute Gasteiger partial charge is 0.282 e. The lowest BCUT2D eigenvalue weighted by Crippen LogP contribution is -2.43. The summed E-state index contributed by atoms with van der Waals surface area (Å²) < 4.78 is 19.7. The van der Waals surface area contributed by atoms with Crippen LogP contribution in [0.25, 0.3) is 10.9 Å². The maximum atomic E-state index is 13.3. The first kappa shape index (κ1) is 27.3. The van der Waals surface area contributed by atoms with Crippen molar-refractivity contribution >= 4 is 54.9 Å². The molecular weight excluding hydrogens is 608 g/mol. The zero-order chi connectivity index (χ0) is 26.4. The standard InChI is InChI=1S/C26H28Br2N4O5/c1-3-5-24-30-21-7-6-18(27)13-19(21)26(34)32(24)29-15-17-12-22(36-4-2)23(14-20(17)28)37-16-25(33)31-8-10-35-11-9-31/h6-7,12-15H,3-5,8-11,16H2,1-2H3. The molecule has 9 nitrogen and oxygen atoms in total. The number of aryl methyl sites for hydroxylation is 1. The summed E-state index contributed by atoms with van der Waals surface area (Å²) in [6.07, 6.45) is 3.01. The average molecular weight is 636 g/mol. The van der Waals surface area contributed by atoms with Gasteiger partial charge in [0.25, 0.3) is 11.5 Å². The van der Waals surface area contributed by atoms with Crippen LogP contribution in [0.1, 0.15) is 31.7 Å². The van der Waals surface area contributed by atoms with E-state index in [0.29, 0.717) is 77.6 Å². The minimum Gasteiger partial charge on any atom is -0.490 e.